The molecule has 1 aromatic rings. The summed E-state index contributed by atoms with van der Waals surface area (Å²) in [5.41, 5.74) is 2.21. The number of hydrogen-bond acceptors (Lipinski definition) is 3. The molecule has 1 aliphatic heterocycles. The Balaban J connectivity index is 1.94. The fraction of sp³-hybridized carbons (Fsp3) is 0.167. The van der Waals surface area contributed by atoms with Crippen LogP contribution in [0.1, 0.15) is 10.4 Å². The van der Waals surface area contributed by atoms with Crippen molar-refractivity contribution in [2.45, 2.75) is 0 Å². The van der Waals surface area contributed by atoms with E-state index in [9.17, 15) is 4.79 Å². The normalized spacial score (nSPS) is 13.6. The molecule has 0 saturated heterocycles. The lowest BCUT2D eigenvalue weighted by molar-refractivity contribution is 0.0697. The first-order valence-corrected chi connectivity index (χ1v) is 5.03. The molecule has 0 aliphatic carbocycles. The van der Waals surface area contributed by atoms with Crippen molar-refractivity contribution in [3.63, 3.8) is 0 Å². The standard InChI is InChI=1S/C12H12N2O2/c15-12(16)9-3-5-10(6-4-9)14-8-11-2-1-7-13-11/h1-6,14H,7-8H2,(H,15,16). The van der Waals surface area contributed by atoms with Crippen LogP contribution in [0, 0.1) is 0 Å². The van der Waals surface area contributed by atoms with Crippen molar-refractivity contribution >= 4 is 17.4 Å². The highest BCUT2D eigenvalue weighted by Gasteiger charge is 2.02. The Morgan fingerprint density at radius 2 is 2.12 bits per heavy atom. The Kier molecular flexibility index (Phi) is 3.00. The van der Waals surface area contributed by atoms with E-state index >= 15 is 0 Å². The maximum atomic E-state index is 10.6. The maximum Gasteiger partial charge on any atom is 0.335 e. The second-order valence-corrected chi connectivity index (χ2v) is 3.47. The van der Waals surface area contributed by atoms with Crippen molar-refractivity contribution in [1.29, 1.82) is 0 Å². The number of rotatable bonds is 4. The Morgan fingerprint density at radius 1 is 1.38 bits per heavy atom. The SMILES string of the molecule is O=C(O)c1ccc(NCC2=NCC=C2)cc1. The van der Waals surface area contributed by atoms with Crippen LogP contribution >= 0.6 is 0 Å². The quantitative estimate of drug-likeness (QED) is 0.806. The molecule has 0 amide bonds. The van der Waals surface area contributed by atoms with E-state index in [1.54, 1.807) is 24.3 Å². The van der Waals surface area contributed by atoms with E-state index in [-0.39, 0.29) is 0 Å². The first-order valence-electron chi connectivity index (χ1n) is 5.03. The third-order valence-corrected chi connectivity index (χ3v) is 2.32. The lowest BCUT2D eigenvalue weighted by atomic mass is 10.2. The predicted molar refractivity (Wildman–Crippen MR) is 63.3 cm³/mol. The zero-order valence-electron chi connectivity index (χ0n) is 8.68. The number of carbonyl (C=O) groups is 1. The van der Waals surface area contributed by atoms with E-state index in [4.69, 9.17) is 5.11 Å². The Hall–Kier alpha value is -2.10. The van der Waals surface area contributed by atoms with Gasteiger partial charge in [-0.3, -0.25) is 4.99 Å². The zero-order chi connectivity index (χ0) is 11.4. The van der Waals surface area contributed by atoms with Crippen molar-refractivity contribution in [3.8, 4) is 0 Å². The Morgan fingerprint density at radius 3 is 2.69 bits per heavy atom. The highest BCUT2D eigenvalue weighted by molar-refractivity contribution is 5.99. The number of carboxylic acid groups (broad SMARTS) is 1. The first kappa shape index (κ1) is 10.4. The highest BCUT2D eigenvalue weighted by atomic mass is 16.4. The average molecular weight is 216 g/mol. The van der Waals surface area contributed by atoms with E-state index in [0.29, 0.717) is 12.1 Å². The number of anilines is 1. The van der Waals surface area contributed by atoms with E-state index in [1.165, 1.54) is 0 Å². The minimum absolute atomic E-state index is 0.295. The molecule has 4 nitrogen and oxygen atoms in total. The molecule has 4 heteroatoms. The summed E-state index contributed by atoms with van der Waals surface area (Å²) in [4.78, 5) is 14.9. The maximum absolute atomic E-state index is 10.6. The lowest BCUT2D eigenvalue weighted by Crippen LogP contribution is -2.10. The Labute approximate surface area is 93.3 Å². The number of aromatic carboxylic acids is 1. The molecule has 1 heterocycles. The number of nitrogens with one attached hydrogen (secondary N) is 1. The fourth-order valence-electron chi connectivity index (χ4n) is 1.45. The number of benzene rings is 1. The molecular formula is C12H12N2O2. The fourth-order valence-corrected chi connectivity index (χ4v) is 1.45. The van der Waals surface area contributed by atoms with Crippen LogP contribution in [0.25, 0.3) is 0 Å². The van der Waals surface area contributed by atoms with Gasteiger partial charge >= 0.3 is 5.97 Å². The summed E-state index contributed by atoms with van der Waals surface area (Å²) in [5, 5.41) is 11.9. The second kappa shape index (κ2) is 4.61. The summed E-state index contributed by atoms with van der Waals surface area (Å²) in [6.45, 7) is 1.43. The van der Waals surface area contributed by atoms with Gasteiger partial charge in [0.1, 0.15) is 0 Å². The summed E-state index contributed by atoms with van der Waals surface area (Å²) in [5.74, 6) is -0.908. The molecule has 0 bridgehead atoms. The highest BCUT2D eigenvalue weighted by Crippen LogP contribution is 2.09. The van der Waals surface area contributed by atoms with Crippen LogP contribution in [-0.2, 0) is 0 Å². The summed E-state index contributed by atoms with van der Waals surface area (Å²) < 4.78 is 0. The summed E-state index contributed by atoms with van der Waals surface area (Å²) in [7, 11) is 0. The molecule has 0 radical (unpaired) electrons. The molecule has 0 aromatic heterocycles. The molecule has 1 aliphatic rings. The number of aliphatic imine (C=N–C) groups is 1. The van der Waals surface area contributed by atoms with Crippen LogP contribution in [0.2, 0.25) is 0 Å². The van der Waals surface area contributed by atoms with Gasteiger partial charge in [0.2, 0.25) is 0 Å². The van der Waals surface area contributed by atoms with Gasteiger partial charge < -0.3 is 10.4 Å². The van der Waals surface area contributed by atoms with Gasteiger partial charge in [0.15, 0.2) is 0 Å². The van der Waals surface area contributed by atoms with Crippen LogP contribution < -0.4 is 5.32 Å². The van der Waals surface area contributed by atoms with Gasteiger partial charge in [-0.1, -0.05) is 6.08 Å². The summed E-state index contributed by atoms with van der Waals surface area (Å²) in [6, 6.07) is 6.67. The number of nitrogens with zero attached hydrogens (tertiary/aromatic N) is 1. The van der Waals surface area contributed by atoms with E-state index < -0.39 is 5.97 Å². The molecule has 2 N–H and O–H groups in total. The summed E-state index contributed by atoms with van der Waals surface area (Å²) >= 11 is 0. The molecule has 0 spiro atoms. The molecule has 0 fully saturated rings. The van der Waals surface area contributed by atoms with E-state index in [0.717, 1.165) is 17.9 Å². The molecule has 16 heavy (non-hydrogen) atoms. The number of carboxylic acids is 1. The van der Waals surface area contributed by atoms with Gasteiger partial charge in [-0.05, 0) is 30.3 Å². The van der Waals surface area contributed by atoms with E-state index in [2.05, 4.69) is 10.3 Å². The van der Waals surface area contributed by atoms with Gasteiger partial charge in [-0.2, -0.15) is 0 Å². The van der Waals surface area contributed by atoms with Crippen LogP contribution in [0.15, 0.2) is 41.4 Å². The summed E-state index contributed by atoms with van der Waals surface area (Å²) in [6.07, 6.45) is 3.99. The van der Waals surface area contributed by atoms with Crippen molar-refractivity contribution in [3.05, 3.63) is 42.0 Å². The van der Waals surface area contributed by atoms with Gasteiger partial charge in [0, 0.05) is 5.69 Å². The molecule has 0 unspecified atom stereocenters. The molecule has 1 aromatic carbocycles. The molecule has 2 rings (SSSR count). The van der Waals surface area contributed by atoms with E-state index in [1.807, 2.05) is 12.2 Å². The molecule has 0 saturated carbocycles. The minimum Gasteiger partial charge on any atom is -0.478 e. The van der Waals surface area contributed by atoms with Crippen molar-refractivity contribution in [2.24, 2.45) is 4.99 Å². The van der Waals surface area contributed by atoms with Crippen LogP contribution in [0.4, 0.5) is 5.69 Å². The third-order valence-electron chi connectivity index (χ3n) is 2.32. The monoisotopic (exact) mass is 216 g/mol. The molecule has 0 atom stereocenters. The predicted octanol–water partition coefficient (Wildman–Crippen LogP) is 1.81. The van der Waals surface area contributed by atoms with Gasteiger partial charge in [0.05, 0.1) is 24.4 Å². The van der Waals surface area contributed by atoms with Gasteiger partial charge in [0.25, 0.3) is 0 Å². The van der Waals surface area contributed by atoms with Gasteiger partial charge in [-0.25, -0.2) is 4.79 Å². The third kappa shape index (κ3) is 2.48. The lowest BCUT2D eigenvalue weighted by Gasteiger charge is -2.05. The number of hydrogen-bond donors (Lipinski definition) is 2. The van der Waals surface area contributed by atoms with Crippen LogP contribution in [-0.4, -0.2) is 29.9 Å². The average Bonchev–Trinajstić information content (AvgIpc) is 2.80. The zero-order valence-corrected chi connectivity index (χ0v) is 8.68. The molecular weight excluding hydrogens is 204 g/mol. The second-order valence-electron chi connectivity index (χ2n) is 3.47. The topological polar surface area (TPSA) is 61.7 Å². The largest absolute Gasteiger partial charge is 0.478 e. The minimum atomic E-state index is -0.908. The Bertz CT molecular complexity index is 447. The smallest absolute Gasteiger partial charge is 0.335 e. The molecule has 82 valence electrons. The van der Waals surface area contributed by atoms with Crippen molar-refractivity contribution in [1.82, 2.24) is 0 Å². The van der Waals surface area contributed by atoms with Gasteiger partial charge in [-0.15, -0.1) is 0 Å². The van der Waals surface area contributed by atoms with Crippen LogP contribution in [0.3, 0.4) is 0 Å². The first-order chi connectivity index (χ1) is 7.75. The van der Waals surface area contributed by atoms with Crippen molar-refractivity contribution < 1.29 is 9.90 Å². The van der Waals surface area contributed by atoms with Crippen molar-refractivity contribution in [2.75, 3.05) is 18.4 Å². The van der Waals surface area contributed by atoms with Crippen LogP contribution in [0.5, 0.6) is 0 Å².